The zero-order valence-electron chi connectivity index (χ0n) is 21.0. The number of nitrogens with zero attached hydrogens (tertiary/aromatic N) is 1. The number of pyridine rings is 1. The normalized spacial score (nSPS) is 12.9. The van der Waals surface area contributed by atoms with Crippen LogP contribution in [0.2, 0.25) is 0 Å². The van der Waals surface area contributed by atoms with Crippen molar-refractivity contribution in [1.82, 2.24) is 4.98 Å². The average molecular weight is 556 g/mol. The minimum atomic E-state index is -4.69. The molecule has 208 valence electrons. The monoisotopic (exact) mass is 555 g/mol. The average Bonchev–Trinajstić information content (AvgIpc) is 2.96. The maximum atomic E-state index is 13.4. The number of carbonyl (C=O) groups excluding carboxylic acids is 1. The predicted octanol–water partition coefficient (Wildman–Crippen LogP) is 6.75. The summed E-state index contributed by atoms with van der Waals surface area (Å²) < 4.78 is 67.4. The van der Waals surface area contributed by atoms with E-state index in [1.165, 1.54) is 24.4 Å². The third-order valence-electron chi connectivity index (χ3n) is 5.81. The lowest BCUT2D eigenvalue weighted by molar-refractivity contribution is -0.253. The molecule has 0 fully saturated rings. The minimum Gasteiger partial charge on any atom is -0.461 e. The minimum absolute atomic E-state index is 0.0655. The van der Waals surface area contributed by atoms with E-state index in [4.69, 9.17) is 9.47 Å². The molecule has 1 N–H and O–H groups in total. The second kappa shape index (κ2) is 13.1. The van der Waals surface area contributed by atoms with Crippen LogP contribution in [0.15, 0.2) is 103 Å². The van der Waals surface area contributed by atoms with Gasteiger partial charge in [-0.2, -0.15) is 17.6 Å². The van der Waals surface area contributed by atoms with E-state index < -0.39 is 36.3 Å². The second-order valence-electron chi connectivity index (χ2n) is 8.79. The molecule has 3 aromatic carbocycles. The van der Waals surface area contributed by atoms with Gasteiger partial charge in [0.15, 0.2) is 0 Å². The number of alkyl halides is 4. The number of hydrogen-bond acceptors (Lipinski definition) is 6. The first-order valence-corrected chi connectivity index (χ1v) is 12.2. The van der Waals surface area contributed by atoms with Crippen LogP contribution in [0.4, 0.5) is 17.6 Å². The molecule has 0 aliphatic heterocycles. The number of benzene rings is 3. The van der Waals surface area contributed by atoms with E-state index in [1.807, 2.05) is 6.07 Å². The Morgan fingerprint density at radius 3 is 2.12 bits per heavy atom. The molecule has 0 bridgehead atoms. The lowest BCUT2D eigenvalue weighted by atomic mass is 9.91. The molecule has 1 heterocycles. The van der Waals surface area contributed by atoms with Crippen LogP contribution >= 0.6 is 0 Å². The molecule has 6 nitrogen and oxygen atoms in total. The molecule has 1 aromatic heterocycles. The number of aliphatic hydroxyl groups excluding tert-OH is 1. The highest BCUT2D eigenvalue weighted by Gasteiger charge is 2.44. The summed E-state index contributed by atoms with van der Waals surface area (Å²) in [5.41, 5.74) is 1.13. The Labute approximate surface area is 227 Å². The van der Waals surface area contributed by atoms with Crippen LogP contribution in [0.3, 0.4) is 0 Å². The summed E-state index contributed by atoms with van der Waals surface area (Å²) in [6.07, 6.45) is -8.98. The number of ether oxygens (including phenoxy) is 3. The van der Waals surface area contributed by atoms with Gasteiger partial charge in [-0.3, -0.25) is 9.78 Å². The van der Waals surface area contributed by atoms with Gasteiger partial charge in [0.2, 0.25) is 0 Å². The van der Waals surface area contributed by atoms with Gasteiger partial charge in [0, 0.05) is 0 Å². The van der Waals surface area contributed by atoms with E-state index in [0.29, 0.717) is 17.1 Å². The molecule has 2 atom stereocenters. The number of esters is 1. The molecule has 4 rings (SSSR count). The Hall–Kier alpha value is -4.44. The van der Waals surface area contributed by atoms with Gasteiger partial charge < -0.3 is 19.3 Å². The van der Waals surface area contributed by atoms with Gasteiger partial charge in [-0.25, -0.2) is 0 Å². The fourth-order valence-corrected chi connectivity index (χ4v) is 3.81. The van der Waals surface area contributed by atoms with E-state index in [-0.39, 0.29) is 24.3 Å². The SMILES string of the molecule is O=C(OCc1ccccc1)C(Cc1cccc(OC(F)(F)C(F)F)c1)C(O)c1ccc(Oc2ccccc2)cn1. The lowest BCUT2D eigenvalue weighted by Gasteiger charge is -2.22. The molecule has 2 unspecified atom stereocenters. The van der Waals surface area contributed by atoms with Gasteiger partial charge >= 0.3 is 18.5 Å². The molecular weight excluding hydrogens is 530 g/mol. The van der Waals surface area contributed by atoms with Crippen LogP contribution in [0.25, 0.3) is 0 Å². The number of carbonyl (C=O) groups is 1. The van der Waals surface area contributed by atoms with Crippen molar-refractivity contribution in [2.45, 2.75) is 31.7 Å². The number of rotatable bonds is 12. The van der Waals surface area contributed by atoms with E-state index in [1.54, 1.807) is 60.7 Å². The van der Waals surface area contributed by atoms with E-state index in [2.05, 4.69) is 9.72 Å². The van der Waals surface area contributed by atoms with Gasteiger partial charge in [-0.15, -0.1) is 0 Å². The fraction of sp³-hybridized carbons (Fsp3) is 0.200. The maximum Gasteiger partial charge on any atom is 0.461 e. The predicted molar refractivity (Wildman–Crippen MR) is 137 cm³/mol. The highest BCUT2D eigenvalue weighted by molar-refractivity contribution is 5.74. The van der Waals surface area contributed by atoms with Crippen molar-refractivity contribution in [3.8, 4) is 17.2 Å². The standard InChI is InChI=1S/C30H25F4NO5/c31-29(32)30(33,34)40-23-13-7-10-21(16-23)17-25(28(37)38-19-20-8-3-1-4-9-20)27(36)26-15-14-24(18-35-26)39-22-11-5-2-6-12-22/h1-16,18,25,27,29,36H,17,19H2. The Kier molecular flexibility index (Phi) is 9.34. The Morgan fingerprint density at radius 2 is 1.48 bits per heavy atom. The zero-order chi connectivity index (χ0) is 28.5. The summed E-state index contributed by atoms with van der Waals surface area (Å²) in [6.45, 7) is -0.0655. The highest BCUT2D eigenvalue weighted by Crippen LogP contribution is 2.31. The van der Waals surface area contributed by atoms with Crippen LogP contribution in [0.5, 0.6) is 17.2 Å². The van der Waals surface area contributed by atoms with Crippen LogP contribution in [-0.2, 0) is 22.6 Å². The molecule has 0 aliphatic carbocycles. The Morgan fingerprint density at radius 1 is 0.825 bits per heavy atom. The Balaban J connectivity index is 1.54. The maximum absolute atomic E-state index is 13.4. The van der Waals surface area contributed by atoms with Gasteiger partial charge in [-0.05, 0) is 53.9 Å². The van der Waals surface area contributed by atoms with Crippen molar-refractivity contribution in [2.75, 3.05) is 0 Å². The quantitative estimate of drug-likeness (QED) is 0.154. The highest BCUT2D eigenvalue weighted by atomic mass is 19.3. The molecule has 10 heteroatoms. The lowest BCUT2D eigenvalue weighted by Crippen LogP contribution is -2.33. The molecular formula is C30H25F4NO5. The van der Waals surface area contributed by atoms with Crippen molar-refractivity contribution >= 4 is 5.97 Å². The molecule has 0 radical (unpaired) electrons. The van der Waals surface area contributed by atoms with Crippen molar-refractivity contribution in [1.29, 1.82) is 0 Å². The number of hydrogen-bond donors (Lipinski definition) is 1. The summed E-state index contributed by atoms with van der Waals surface area (Å²) in [5, 5.41) is 11.2. The Bertz CT molecular complexity index is 1370. The van der Waals surface area contributed by atoms with E-state index >= 15 is 0 Å². The summed E-state index contributed by atoms with van der Waals surface area (Å²) in [6, 6.07) is 25.9. The third kappa shape index (κ3) is 7.79. The van der Waals surface area contributed by atoms with Crippen molar-refractivity contribution in [2.24, 2.45) is 5.92 Å². The zero-order valence-corrected chi connectivity index (χ0v) is 21.0. The first kappa shape index (κ1) is 28.6. The van der Waals surface area contributed by atoms with Gasteiger partial charge in [0.05, 0.1) is 17.8 Å². The summed E-state index contributed by atoms with van der Waals surface area (Å²) >= 11 is 0. The summed E-state index contributed by atoms with van der Waals surface area (Å²) in [4.78, 5) is 17.4. The topological polar surface area (TPSA) is 77.9 Å². The molecule has 4 aromatic rings. The van der Waals surface area contributed by atoms with Crippen LogP contribution in [0.1, 0.15) is 22.9 Å². The van der Waals surface area contributed by atoms with Gasteiger partial charge in [-0.1, -0.05) is 60.7 Å². The molecule has 0 amide bonds. The summed E-state index contributed by atoms with van der Waals surface area (Å²) in [5.74, 6) is -1.53. The number of aliphatic hydroxyl groups is 1. The third-order valence-corrected chi connectivity index (χ3v) is 5.81. The number of para-hydroxylation sites is 1. The van der Waals surface area contributed by atoms with Crippen molar-refractivity contribution in [3.63, 3.8) is 0 Å². The van der Waals surface area contributed by atoms with Crippen LogP contribution < -0.4 is 9.47 Å². The van der Waals surface area contributed by atoms with Crippen molar-refractivity contribution < 1.29 is 41.7 Å². The smallest absolute Gasteiger partial charge is 0.461 e. The van der Waals surface area contributed by atoms with Crippen molar-refractivity contribution in [3.05, 3.63) is 120 Å². The van der Waals surface area contributed by atoms with E-state index in [0.717, 1.165) is 12.1 Å². The molecule has 0 spiro atoms. The summed E-state index contributed by atoms with van der Waals surface area (Å²) in [7, 11) is 0. The van der Waals surface area contributed by atoms with Crippen LogP contribution in [-0.4, -0.2) is 28.6 Å². The molecule has 0 aliphatic rings. The molecule has 0 saturated carbocycles. The first-order chi connectivity index (χ1) is 19.2. The van der Waals surface area contributed by atoms with Gasteiger partial charge in [0.1, 0.15) is 30.0 Å². The molecule has 0 saturated heterocycles. The van der Waals surface area contributed by atoms with Crippen LogP contribution in [0, 0.1) is 5.92 Å². The molecule has 40 heavy (non-hydrogen) atoms. The largest absolute Gasteiger partial charge is 0.461 e. The number of halogens is 4. The number of aromatic nitrogens is 1. The second-order valence-corrected chi connectivity index (χ2v) is 8.79. The van der Waals surface area contributed by atoms with E-state index in [9.17, 15) is 27.5 Å². The first-order valence-electron chi connectivity index (χ1n) is 12.2. The van der Waals surface area contributed by atoms with Gasteiger partial charge in [0.25, 0.3) is 0 Å². The fourth-order valence-electron chi connectivity index (χ4n) is 3.81.